The highest BCUT2D eigenvalue weighted by molar-refractivity contribution is 7.94. The van der Waals surface area contributed by atoms with Gasteiger partial charge < -0.3 is 16.0 Å². The first kappa shape index (κ1) is 21.8. The Morgan fingerprint density at radius 1 is 1.10 bits per heavy atom. The monoisotopic (exact) mass is 460 g/mol. The largest absolute Gasteiger partial charge is 0.351 e. The van der Waals surface area contributed by atoms with Crippen LogP contribution in [-0.2, 0) is 10.0 Å². The van der Waals surface area contributed by atoms with Gasteiger partial charge in [-0.3, -0.25) is 4.72 Å². The first-order valence-electron chi connectivity index (χ1n) is 10.3. The Kier molecular flexibility index (Phi) is 6.05. The molecule has 1 aliphatic heterocycles. The van der Waals surface area contributed by atoms with Gasteiger partial charge in [0.25, 0.3) is 0 Å². The van der Waals surface area contributed by atoms with Gasteiger partial charge in [-0.15, -0.1) is 11.3 Å². The molecule has 4 rings (SSSR count). The zero-order chi connectivity index (χ0) is 22.1. The quantitative estimate of drug-likeness (QED) is 0.438. The molecular weight excluding hydrogens is 432 g/mol. The number of aromatic nitrogens is 2. The van der Waals surface area contributed by atoms with Crippen molar-refractivity contribution < 1.29 is 8.42 Å². The maximum Gasteiger partial charge on any atom is 0.237 e. The molecular formula is C21H28N6O2S2. The van der Waals surface area contributed by atoms with Gasteiger partial charge >= 0.3 is 0 Å². The average molecular weight is 461 g/mol. The molecule has 0 radical (unpaired) electrons. The SMILES string of the molecule is CC(C)(C)S(=O)(=O)Nc1cccc(Nc2nc(NC3CCNCC3)nc3ccsc23)c1. The van der Waals surface area contributed by atoms with E-state index in [4.69, 9.17) is 4.98 Å². The maximum absolute atomic E-state index is 12.5. The van der Waals surface area contributed by atoms with Crippen molar-refractivity contribution in [1.29, 1.82) is 0 Å². The van der Waals surface area contributed by atoms with Crippen LogP contribution in [0.2, 0.25) is 0 Å². The molecule has 0 saturated carbocycles. The summed E-state index contributed by atoms with van der Waals surface area (Å²) in [5.41, 5.74) is 2.13. The van der Waals surface area contributed by atoms with Crippen molar-refractivity contribution in [1.82, 2.24) is 15.3 Å². The van der Waals surface area contributed by atoms with Crippen LogP contribution in [0.25, 0.3) is 10.2 Å². The third kappa shape index (κ3) is 5.08. The molecule has 4 N–H and O–H groups in total. The average Bonchev–Trinajstić information content (AvgIpc) is 3.17. The molecule has 0 atom stereocenters. The molecule has 1 fully saturated rings. The number of hydrogen-bond donors (Lipinski definition) is 4. The molecule has 0 spiro atoms. The summed E-state index contributed by atoms with van der Waals surface area (Å²) in [5, 5.41) is 12.2. The van der Waals surface area contributed by atoms with Gasteiger partial charge in [0.2, 0.25) is 16.0 Å². The predicted octanol–water partition coefficient (Wildman–Crippen LogP) is 4.14. The molecule has 0 bridgehead atoms. The Balaban J connectivity index is 1.59. The molecule has 0 aliphatic carbocycles. The van der Waals surface area contributed by atoms with Gasteiger partial charge in [0.1, 0.15) is 0 Å². The van der Waals surface area contributed by atoms with Crippen LogP contribution >= 0.6 is 11.3 Å². The number of nitrogens with one attached hydrogen (secondary N) is 4. The van der Waals surface area contributed by atoms with E-state index in [1.165, 1.54) is 0 Å². The summed E-state index contributed by atoms with van der Waals surface area (Å²) in [6.07, 6.45) is 2.06. The van der Waals surface area contributed by atoms with Crippen molar-refractivity contribution >= 4 is 54.7 Å². The Bertz CT molecular complexity index is 1160. The highest BCUT2D eigenvalue weighted by Crippen LogP contribution is 2.31. The van der Waals surface area contributed by atoms with Crippen LogP contribution in [0.5, 0.6) is 0 Å². The standard InChI is InChI=1S/C21H28N6O2S2/c1-21(2,3)31(28,29)27-16-6-4-5-15(13-16)23-19-18-17(9-12-30-18)25-20(26-19)24-14-7-10-22-11-8-14/h4-6,9,12-14,22,27H,7-8,10-11H2,1-3H3,(H2,23,24,25,26). The molecule has 1 aliphatic rings. The van der Waals surface area contributed by atoms with Crippen molar-refractivity contribution in [2.24, 2.45) is 0 Å². The van der Waals surface area contributed by atoms with Crippen LogP contribution in [-0.4, -0.2) is 42.3 Å². The van der Waals surface area contributed by atoms with E-state index in [-0.39, 0.29) is 0 Å². The van der Waals surface area contributed by atoms with Crippen molar-refractivity contribution in [2.45, 2.75) is 44.4 Å². The Morgan fingerprint density at radius 2 is 1.84 bits per heavy atom. The molecule has 3 aromatic rings. The number of piperidine rings is 1. The number of anilines is 4. The van der Waals surface area contributed by atoms with E-state index in [1.54, 1.807) is 44.2 Å². The summed E-state index contributed by atoms with van der Waals surface area (Å²) in [6.45, 7) is 6.98. The number of fused-ring (bicyclic) bond motifs is 1. The first-order valence-corrected chi connectivity index (χ1v) is 12.7. The third-order valence-electron chi connectivity index (χ3n) is 5.16. The lowest BCUT2D eigenvalue weighted by Crippen LogP contribution is -2.35. The molecule has 166 valence electrons. The molecule has 31 heavy (non-hydrogen) atoms. The van der Waals surface area contributed by atoms with Gasteiger partial charge in [0, 0.05) is 11.7 Å². The van der Waals surface area contributed by atoms with Gasteiger partial charge in [-0.05, 0) is 76.3 Å². The van der Waals surface area contributed by atoms with Gasteiger partial charge in [-0.2, -0.15) is 4.98 Å². The number of benzene rings is 1. The van der Waals surface area contributed by atoms with Crippen molar-refractivity contribution in [3.8, 4) is 0 Å². The van der Waals surface area contributed by atoms with E-state index in [1.807, 2.05) is 23.6 Å². The zero-order valence-corrected chi connectivity index (χ0v) is 19.5. The van der Waals surface area contributed by atoms with E-state index < -0.39 is 14.8 Å². The molecule has 3 heterocycles. The van der Waals surface area contributed by atoms with Crippen molar-refractivity contribution in [2.75, 3.05) is 28.4 Å². The van der Waals surface area contributed by atoms with Gasteiger partial charge in [0.05, 0.1) is 20.7 Å². The fraction of sp³-hybridized carbons (Fsp3) is 0.429. The summed E-state index contributed by atoms with van der Waals surface area (Å²) < 4.78 is 27.7. The van der Waals surface area contributed by atoms with E-state index in [0.29, 0.717) is 23.5 Å². The number of sulfonamides is 1. The highest BCUT2D eigenvalue weighted by atomic mass is 32.2. The number of hydrogen-bond acceptors (Lipinski definition) is 8. The third-order valence-corrected chi connectivity index (χ3v) is 8.19. The summed E-state index contributed by atoms with van der Waals surface area (Å²) in [7, 11) is -3.51. The predicted molar refractivity (Wildman–Crippen MR) is 129 cm³/mol. The number of nitrogens with zero attached hydrogens (tertiary/aromatic N) is 2. The van der Waals surface area contributed by atoms with E-state index in [0.717, 1.165) is 41.8 Å². The van der Waals surface area contributed by atoms with Crippen LogP contribution in [0.4, 0.5) is 23.1 Å². The van der Waals surface area contributed by atoms with Crippen LogP contribution in [0.3, 0.4) is 0 Å². The fourth-order valence-electron chi connectivity index (χ4n) is 3.27. The zero-order valence-electron chi connectivity index (χ0n) is 17.9. The van der Waals surface area contributed by atoms with Crippen molar-refractivity contribution in [3.05, 3.63) is 35.7 Å². The molecule has 8 nitrogen and oxygen atoms in total. The minimum atomic E-state index is -3.51. The smallest absolute Gasteiger partial charge is 0.237 e. The van der Waals surface area contributed by atoms with Gasteiger partial charge in [-0.25, -0.2) is 13.4 Å². The van der Waals surface area contributed by atoms with E-state index in [9.17, 15) is 8.42 Å². The molecule has 2 aromatic heterocycles. The molecule has 0 amide bonds. The topological polar surface area (TPSA) is 108 Å². The van der Waals surface area contributed by atoms with Gasteiger partial charge in [0.15, 0.2) is 5.82 Å². The lowest BCUT2D eigenvalue weighted by Gasteiger charge is -2.24. The Hall–Kier alpha value is -2.43. The van der Waals surface area contributed by atoms with Crippen molar-refractivity contribution in [3.63, 3.8) is 0 Å². The fourth-order valence-corrected chi connectivity index (χ4v) is 4.79. The van der Waals surface area contributed by atoms with Crippen LogP contribution < -0.4 is 20.7 Å². The lowest BCUT2D eigenvalue weighted by molar-refractivity contribution is 0.477. The number of thiophene rings is 1. The second kappa shape index (κ2) is 8.60. The molecule has 0 unspecified atom stereocenters. The number of rotatable bonds is 6. The first-order chi connectivity index (χ1) is 14.7. The summed E-state index contributed by atoms with van der Waals surface area (Å²) in [5.74, 6) is 1.30. The second-order valence-corrected chi connectivity index (χ2v) is 12.0. The normalized spacial score (nSPS) is 15.7. The second-order valence-electron chi connectivity index (χ2n) is 8.62. The Labute approximate surface area is 186 Å². The molecule has 10 heteroatoms. The van der Waals surface area contributed by atoms with E-state index in [2.05, 4.69) is 25.7 Å². The van der Waals surface area contributed by atoms with E-state index >= 15 is 0 Å². The lowest BCUT2D eigenvalue weighted by atomic mass is 10.1. The maximum atomic E-state index is 12.5. The highest BCUT2D eigenvalue weighted by Gasteiger charge is 2.28. The minimum Gasteiger partial charge on any atom is -0.351 e. The van der Waals surface area contributed by atoms with Gasteiger partial charge in [-0.1, -0.05) is 6.07 Å². The molecule has 1 saturated heterocycles. The van der Waals surface area contributed by atoms with Crippen LogP contribution in [0, 0.1) is 0 Å². The minimum absolute atomic E-state index is 0.348. The summed E-state index contributed by atoms with van der Waals surface area (Å²) in [6, 6.07) is 9.53. The summed E-state index contributed by atoms with van der Waals surface area (Å²) >= 11 is 1.57. The van der Waals surface area contributed by atoms with Crippen LogP contribution in [0.15, 0.2) is 35.7 Å². The molecule has 1 aromatic carbocycles. The van der Waals surface area contributed by atoms with Crippen LogP contribution in [0.1, 0.15) is 33.6 Å². The Morgan fingerprint density at radius 3 is 2.58 bits per heavy atom. The summed E-state index contributed by atoms with van der Waals surface area (Å²) in [4.78, 5) is 9.38.